The van der Waals surface area contributed by atoms with Crippen molar-refractivity contribution in [2.75, 3.05) is 53.1 Å². The molecule has 3 fully saturated rings. The van der Waals surface area contributed by atoms with Crippen molar-refractivity contribution in [1.29, 1.82) is 0 Å². The molecule has 3 heterocycles. The SMILES string of the molecule is CCNC(C1CCOC2(CCOC2)C1)C1CN(C)CCO1. The Morgan fingerprint density at radius 3 is 2.95 bits per heavy atom. The molecule has 4 atom stereocenters. The van der Waals surface area contributed by atoms with Crippen molar-refractivity contribution in [3.05, 3.63) is 0 Å². The number of rotatable bonds is 4. The second-order valence-corrected chi connectivity index (χ2v) is 6.84. The van der Waals surface area contributed by atoms with Crippen molar-refractivity contribution in [3.8, 4) is 0 Å². The van der Waals surface area contributed by atoms with Crippen LogP contribution < -0.4 is 5.32 Å². The first-order valence-electron chi connectivity index (χ1n) is 8.48. The zero-order valence-electron chi connectivity index (χ0n) is 13.5. The lowest BCUT2D eigenvalue weighted by molar-refractivity contribution is -0.119. The van der Waals surface area contributed by atoms with E-state index in [1.807, 2.05) is 0 Å². The Balaban J connectivity index is 1.67. The number of hydrogen-bond donors (Lipinski definition) is 1. The van der Waals surface area contributed by atoms with Gasteiger partial charge in [0.2, 0.25) is 0 Å². The first-order valence-corrected chi connectivity index (χ1v) is 8.48. The molecule has 3 saturated heterocycles. The van der Waals surface area contributed by atoms with Gasteiger partial charge in [-0.15, -0.1) is 0 Å². The molecular formula is C16H30N2O3. The van der Waals surface area contributed by atoms with E-state index in [1.54, 1.807) is 0 Å². The maximum atomic E-state index is 6.09. The van der Waals surface area contributed by atoms with Crippen LogP contribution in [0.1, 0.15) is 26.2 Å². The Kier molecular flexibility index (Phi) is 5.17. The lowest BCUT2D eigenvalue weighted by atomic mass is 9.79. The summed E-state index contributed by atoms with van der Waals surface area (Å²) in [5.74, 6) is 0.622. The Labute approximate surface area is 128 Å². The Morgan fingerprint density at radius 2 is 2.24 bits per heavy atom. The molecule has 3 rings (SSSR count). The third kappa shape index (κ3) is 3.59. The van der Waals surface area contributed by atoms with Gasteiger partial charge in [0.1, 0.15) is 0 Å². The summed E-state index contributed by atoms with van der Waals surface area (Å²) in [6.07, 6.45) is 3.58. The predicted molar refractivity (Wildman–Crippen MR) is 81.5 cm³/mol. The number of morpholine rings is 1. The minimum absolute atomic E-state index is 0.0167. The topological polar surface area (TPSA) is 43.0 Å². The fourth-order valence-corrected chi connectivity index (χ4v) is 4.10. The fraction of sp³-hybridized carbons (Fsp3) is 1.00. The van der Waals surface area contributed by atoms with Crippen LogP contribution in [0.5, 0.6) is 0 Å². The summed E-state index contributed by atoms with van der Waals surface area (Å²) in [6.45, 7) is 8.58. The maximum Gasteiger partial charge on any atom is 0.0939 e. The van der Waals surface area contributed by atoms with Crippen LogP contribution in [-0.2, 0) is 14.2 Å². The van der Waals surface area contributed by atoms with Gasteiger partial charge in [-0.2, -0.15) is 0 Å². The zero-order chi connectivity index (χ0) is 14.7. The summed E-state index contributed by atoms with van der Waals surface area (Å²) < 4.78 is 17.8. The second kappa shape index (κ2) is 6.92. The monoisotopic (exact) mass is 298 g/mol. The van der Waals surface area contributed by atoms with Crippen LogP contribution in [-0.4, -0.2) is 75.8 Å². The molecule has 5 heteroatoms. The molecule has 3 aliphatic heterocycles. The zero-order valence-corrected chi connectivity index (χ0v) is 13.5. The van der Waals surface area contributed by atoms with Gasteiger partial charge in [0.25, 0.3) is 0 Å². The lowest BCUT2D eigenvalue weighted by Crippen LogP contribution is -2.57. The molecule has 3 aliphatic rings. The van der Waals surface area contributed by atoms with E-state index in [1.165, 1.54) is 0 Å². The van der Waals surface area contributed by atoms with Gasteiger partial charge in [0, 0.05) is 38.8 Å². The Hall–Kier alpha value is -0.200. The molecule has 0 radical (unpaired) electrons. The van der Waals surface area contributed by atoms with Crippen molar-refractivity contribution in [1.82, 2.24) is 10.2 Å². The predicted octanol–water partition coefficient (Wildman–Crippen LogP) is 0.881. The molecule has 0 saturated carbocycles. The minimum Gasteiger partial charge on any atom is -0.378 e. The van der Waals surface area contributed by atoms with E-state index in [0.717, 1.165) is 65.3 Å². The van der Waals surface area contributed by atoms with Crippen LogP contribution in [0.2, 0.25) is 0 Å². The lowest BCUT2D eigenvalue weighted by Gasteiger charge is -2.44. The molecular weight excluding hydrogens is 268 g/mol. The molecule has 1 spiro atoms. The molecule has 1 N–H and O–H groups in total. The molecule has 0 aromatic rings. The standard InChI is InChI=1S/C16H30N2O3/c1-3-17-15(14-11-18(2)6-9-20-14)13-4-7-21-16(10-13)5-8-19-12-16/h13-15,17H,3-12H2,1-2H3. The molecule has 4 unspecified atom stereocenters. The normalized spacial score (nSPS) is 39.7. The largest absolute Gasteiger partial charge is 0.378 e. The smallest absolute Gasteiger partial charge is 0.0939 e. The first kappa shape index (κ1) is 15.7. The molecule has 122 valence electrons. The summed E-state index contributed by atoms with van der Waals surface area (Å²) in [5, 5.41) is 3.70. The van der Waals surface area contributed by atoms with Gasteiger partial charge >= 0.3 is 0 Å². The van der Waals surface area contributed by atoms with Gasteiger partial charge in [-0.05, 0) is 32.4 Å². The Morgan fingerprint density at radius 1 is 1.33 bits per heavy atom. The number of ether oxygens (including phenoxy) is 3. The quantitative estimate of drug-likeness (QED) is 0.835. The number of likely N-dealkylation sites (N-methyl/N-ethyl adjacent to an activating group) is 2. The number of hydrogen-bond acceptors (Lipinski definition) is 5. The Bertz CT molecular complexity index is 333. The van der Waals surface area contributed by atoms with Crippen LogP contribution in [0.25, 0.3) is 0 Å². The summed E-state index contributed by atoms with van der Waals surface area (Å²) in [7, 11) is 2.19. The molecule has 0 aromatic carbocycles. The van der Waals surface area contributed by atoms with Crippen molar-refractivity contribution in [2.45, 2.75) is 43.9 Å². The highest BCUT2D eigenvalue weighted by Gasteiger charge is 2.44. The van der Waals surface area contributed by atoms with Crippen LogP contribution in [0.3, 0.4) is 0 Å². The average Bonchev–Trinajstić information content (AvgIpc) is 2.92. The van der Waals surface area contributed by atoms with E-state index in [-0.39, 0.29) is 5.60 Å². The highest BCUT2D eigenvalue weighted by Crippen LogP contribution is 2.38. The molecule has 0 amide bonds. The summed E-state index contributed by atoms with van der Waals surface area (Å²) in [6, 6.07) is 0.430. The third-order valence-corrected chi connectivity index (χ3v) is 5.24. The summed E-state index contributed by atoms with van der Waals surface area (Å²) in [5.41, 5.74) is -0.0167. The van der Waals surface area contributed by atoms with E-state index in [9.17, 15) is 0 Å². The van der Waals surface area contributed by atoms with Gasteiger partial charge in [-0.3, -0.25) is 0 Å². The van der Waals surface area contributed by atoms with Gasteiger partial charge in [0.05, 0.1) is 24.9 Å². The van der Waals surface area contributed by atoms with Crippen LogP contribution in [0.4, 0.5) is 0 Å². The van der Waals surface area contributed by atoms with Crippen LogP contribution in [0, 0.1) is 5.92 Å². The van der Waals surface area contributed by atoms with Crippen molar-refractivity contribution in [3.63, 3.8) is 0 Å². The molecule has 0 aromatic heterocycles. The number of nitrogens with one attached hydrogen (secondary N) is 1. The third-order valence-electron chi connectivity index (χ3n) is 5.24. The number of nitrogens with zero attached hydrogens (tertiary/aromatic N) is 1. The average molecular weight is 298 g/mol. The van der Waals surface area contributed by atoms with Gasteiger partial charge < -0.3 is 24.4 Å². The fourth-order valence-electron chi connectivity index (χ4n) is 4.10. The first-order chi connectivity index (χ1) is 10.2. The van der Waals surface area contributed by atoms with Gasteiger partial charge in [-0.25, -0.2) is 0 Å². The molecule has 0 bridgehead atoms. The molecule has 0 aliphatic carbocycles. The van der Waals surface area contributed by atoms with Gasteiger partial charge in [-0.1, -0.05) is 6.92 Å². The molecule has 5 nitrogen and oxygen atoms in total. The van der Waals surface area contributed by atoms with Crippen LogP contribution in [0.15, 0.2) is 0 Å². The van der Waals surface area contributed by atoms with Gasteiger partial charge in [0.15, 0.2) is 0 Å². The van der Waals surface area contributed by atoms with Crippen molar-refractivity contribution < 1.29 is 14.2 Å². The van der Waals surface area contributed by atoms with E-state index >= 15 is 0 Å². The maximum absolute atomic E-state index is 6.09. The van der Waals surface area contributed by atoms with Crippen molar-refractivity contribution in [2.24, 2.45) is 5.92 Å². The summed E-state index contributed by atoms with van der Waals surface area (Å²) in [4.78, 5) is 2.38. The van der Waals surface area contributed by atoms with Crippen LogP contribution >= 0.6 is 0 Å². The highest BCUT2D eigenvalue weighted by molar-refractivity contribution is 4.96. The van der Waals surface area contributed by atoms with E-state index < -0.39 is 0 Å². The van der Waals surface area contributed by atoms with Crippen molar-refractivity contribution >= 4 is 0 Å². The van der Waals surface area contributed by atoms with E-state index in [0.29, 0.717) is 18.1 Å². The minimum atomic E-state index is -0.0167. The second-order valence-electron chi connectivity index (χ2n) is 6.84. The highest BCUT2D eigenvalue weighted by atomic mass is 16.6. The summed E-state index contributed by atoms with van der Waals surface area (Å²) >= 11 is 0. The molecule has 21 heavy (non-hydrogen) atoms. The van der Waals surface area contributed by atoms with E-state index in [2.05, 4.69) is 24.2 Å². The van der Waals surface area contributed by atoms with E-state index in [4.69, 9.17) is 14.2 Å².